The summed E-state index contributed by atoms with van der Waals surface area (Å²) in [5, 5.41) is 2.38. The molecule has 0 aromatic rings. The number of rotatable bonds is 3. The third kappa shape index (κ3) is 1.85. The molecule has 1 aliphatic heterocycles. The molecule has 0 aromatic heterocycles. The standard InChI is InChI=1S/C6H12N4O2/c7-4-3-10(5(4)11)2-1-9-6(8)12/h4H,1-3,7H2,(H3,8,9,12). The number of amides is 3. The molecule has 6 nitrogen and oxygen atoms in total. The van der Waals surface area contributed by atoms with E-state index in [9.17, 15) is 9.59 Å². The van der Waals surface area contributed by atoms with Crippen LogP contribution in [0.3, 0.4) is 0 Å². The summed E-state index contributed by atoms with van der Waals surface area (Å²) in [6.45, 7) is 1.43. The van der Waals surface area contributed by atoms with Crippen molar-refractivity contribution in [2.75, 3.05) is 19.6 Å². The summed E-state index contributed by atoms with van der Waals surface area (Å²) in [7, 11) is 0. The van der Waals surface area contributed by atoms with Gasteiger partial charge in [-0.3, -0.25) is 4.79 Å². The van der Waals surface area contributed by atoms with Crippen molar-refractivity contribution in [2.45, 2.75) is 6.04 Å². The van der Waals surface area contributed by atoms with Gasteiger partial charge in [-0.05, 0) is 0 Å². The van der Waals surface area contributed by atoms with E-state index >= 15 is 0 Å². The molecule has 1 saturated heterocycles. The van der Waals surface area contributed by atoms with Crippen molar-refractivity contribution in [1.82, 2.24) is 10.2 Å². The molecule has 0 bridgehead atoms. The molecule has 0 aromatic carbocycles. The van der Waals surface area contributed by atoms with Crippen molar-refractivity contribution >= 4 is 11.9 Å². The maximum Gasteiger partial charge on any atom is 0.312 e. The average Bonchev–Trinajstić information content (AvgIpc) is 2.02. The zero-order chi connectivity index (χ0) is 9.14. The average molecular weight is 172 g/mol. The molecule has 1 unspecified atom stereocenters. The van der Waals surface area contributed by atoms with Crippen LogP contribution in [0.4, 0.5) is 4.79 Å². The summed E-state index contributed by atoms with van der Waals surface area (Å²) in [6, 6.07) is -0.925. The highest BCUT2D eigenvalue weighted by Crippen LogP contribution is 2.05. The minimum absolute atomic E-state index is 0.0683. The fourth-order valence-electron chi connectivity index (χ4n) is 1.04. The molecular formula is C6H12N4O2. The number of nitrogens with two attached hydrogens (primary N) is 2. The summed E-state index contributed by atoms with van der Waals surface area (Å²) in [6.07, 6.45) is 0. The van der Waals surface area contributed by atoms with Gasteiger partial charge in [-0.15, -0.1) is 0 Å². The summed E-state index contributed by atoms with van der Waals surface area (Å²) in [5.41, 5.74) is 10.2. The van der Waals surface area contributed by atoms with Gasteiger partial charge in [-0.25, -0.2) is 4.79 Å². The van der Waals surface area contributed by atoms with Gasteiger partial charge in [0.05, 0.1) is 0 Å². The number of primary amides is 1. The highest BCUT2D eigenvalue weighted by molar-refractivity contribution is 5.87. The normalized spacial score (nSPS) is 21.9. The Balaban J connectivity index is 2.10. The van der Waals surface area contributed by atoms with E-state index < -0.39 is 6.03 Å². The van der Waals surface area contributed by atoms with Gasteiger partial charge in [-0.2, -0.15) is 0 Å². The Bertz CT molecular complexity index is 206. The Labute approximate surface area is 69.9 Å². The first-order valence-electron chi connectivity index (χ1n) is 3.69. The fourth-order valence-corrected chi connectivity index (χ4v) is 1.04. The molecule has 0 aliphatic carbocycles. The molecule has 1 atom stereocenters. The number of nitrogens with zero attached hydrogens (tertiary/aromatic N) is 1. The number of carbonyl (C=O) groups excluding carboxylic acids is 2. The monoisotopic (exact) mass is 172 g/mol. The van der Waals surface area contributed by atoms with Gasteiger partial charge in [0.1, 0.15) is 6.04 Å². The zero-order valence-corrected chi connectivity index (χ0v) is 6.62. The van der Waals surface area contributed by atoms with Crippen LogP contribution in [0.5, 0.6) is 0 Å². The van der Waals surface area contributed by atoms with Crippen LogP contribution in [0.2, 0.25) is 0 Å². The van der Waals surface area contributed by atoms with Gasteiger partial charge in [0, 0.05) is 19.6 Å². The molecule has 5 N–H and O–H groups in total. The van der Waals surface area contributed by atoms with Crippen molar-refractivity contribution < 1.29 is 9.59 Å². The third-order valence-electron chi connectivity index (χ3n) is 1.73. The molecule has 0 spiro atoms. The van der Waals surface area contributed by atoms with E-state index in [4.69, 9.17) is 11.5 Å². The lowest BCUT2D eigenvalue weighted by Gasteiger charge is -2.35. The number of hydrogen-bond donors (Lipinski definition) is 3. The first kappa shape index (κ1) is 8.79. The zero-order valence-electron chi connectivity index (χ0n) is 6.62. The van der Waals surface area contributed by atoms with E-state index in [-0.39, 0.29) is 11.9 Å². The Hall–Kier alpha value is -1.30. The predicted molar refractivity (Wildman–Crippen MR) is 42.1 cm³/mol. The van der Waals surface area contributed by atoms with Crippen LogP contribution < -0.4 is 16.8 Å². The van der Waals surface area contributed by atoms with Crippen LogP contribution in [-0.2, 0) is 4.79 Å². The molecule has 6 heteroatoms. The Morgan fingerprint density at radius 1 is 1.75 bits per heavy atom. The molecule has 1 heterocycles. The maximum absolute atomic E-state index is 10.9. The quantitative estimate of drug-likeness (QED) is 0.422. The number of likely N-dealkylation sites (tertiary alicyclic amines) is 1. The molecule has 68 valence electrons. The number of nitrogens with one attached hydrogen (secondary N) is 1. The molecule has 0 radical (unpaired) electrons. The summed E-state index contributed by atoms with van der Waals surface area (Å²) < 4.78 is 0. The van der Waals surface area contributed by atoms with Gasteiger partial charge in [0.2, 0.25) is 5.91 Å². The predicted octanol–water partition coefficient (Wildman–Crippen LogP) is -2.18. The van der Waals surface area contributed by atoms with Gasteiger partial charge < -0.3 is 21.7 Å². The number of hydrogen-bond acceptors (Lipinski definition) is 3. The number of urea groups is 1. The van der Waals surface area contributed by atoms with Crippen molar-refractivity contribution in [3.8, 4) is 0 Å². The molecule has 0 saturated carbocycles. The van der Waals surface area contributed by atoms with E-state index in [1.165, 1.54) is 0 Å². The molecule has 1 rings (SSSR count). The maximum atomic E-state index is 10.9. The second-order valence-electron chi connectivity index (χ2n) is 2.68. The van der Waals surface area contributed by atoms with Gasteiger partial charge in [-0.1, -0.05) is 0 Å². The van der Waals surface area contributed by atoms with Crippen molar-refractivity contribution in [3.05, 3.63) is 0 Å². The lowest BCUT2D eigenvalue weighted by atomic mass is 10.1. The second-order valence-corrected chi connectivity index (χ2v) is 2.68. The van der Waals surface area contributed by atoms with Gasteiger partial charge in [0.15, 0.2) is 0 Å². The SMILES string of the molecule is NC(=O)NCCN1CC(N)C1=O. The Kier molecular flexibility index (Phi) is 2.49. The van der Waals surface area contributed by atoms with E-state index in [1.807, 2.05) is 0 Å². The van der Waals surface area contributed by atoms with Gasteiger partial charge >= 0.3 is 6.03 Å². The van der Waals surface area contributed by atoms with Crippen molar-refractivity contribution in [3.63, 3.8) is 0 Å². The van der Waals surface area contributed by atoms with Gasteiger partial charge in [0.25, 0.3) is 0 Å². The largest absolute Gasteiger partial charge is 0.352 e. The van der Waals surface area contributed by atoms with Crippen molar-refractivity contribution in [1.29, 1.82) is 0 Å². The molecule has 12 heavy (non-hydrogen) atoms. The first-order valence-corrected chi connectivity index (χ1v) is 3.69. The van der Waals surface area contributed by atoms with Crippen LogP contribution in [0.1, 0.15) is 0 Å². The summed E-state index contributed by atoms with van der Waals surface area (Å²) in [5.74, 6) is -0.0683. The van der Waals surface area contributed by atoms with Crippen LogP contribution >= 0.6 is 0 Å². The summed E-state index contributed by atoms with van der Waals surface area (Å²) >= 11 is 0. The molecule has 1 aliphatic rings. The van der Waals surface area contributed by atoms with E-state index in [0.29, 0.717) is 19.6 Å². The van der Waals surface area contributed by atoms with E-state index in [1.54, 1.807) is 4.90 Å². The lowest BCUT2D eigenvalue weighted by molar-refractivity contribution is -0.142. The Morgan fingerprint density at radius 2 is 2.42 bits per heavy atom. The minimum Gasteiger partial charge on any atom is -0.352 e. The Morgan fingerprint density at radius 3 is 2.83 bits per heavy atom. The first-order chi connectivity index (χ1) is 5.61. The smallest absolute Gasteiger partial charge is 0.312 e. The van der Waals surface area contributed by atoms with Crippen molar-refractivity contribution in [2.24, 2.45) is 11.5 Å². The number of β-lactam (4-membered cyclic amide) rings is 1. The third-order valence-corrected chi connectivity index (χ3v) is 1.73. The van der Waals surface area contributed by atoms with Crippen LogP contribution in [0.25, 0.3) is 0 Å². The highest BCUT2D eigenvalue weighted by Gasteiger charge is 2.32. The highest BCUT2D eigenvalue weighted by atomic mass is 16.2. The van der Waals surface area contributed by atoms with Crippen LogP contribution in [-0.4, -0.2) is 42.5 Å². The molecular weight excluding hydrogens is 160 g/mol. The van der Waals surface area contributed by atoms with Crippen LogP contribution in [0, 0.1) is 0 Å². The second kappa shape index (κ2) is 3.40. The fraction of sp³-hybridized carbons (Fsp3) is 0.667. The molecule has 1 fully saturated rings. The molecule has 3 amide bonds. The topological polar surface area (TPSA) is 101 Å². The minimum atomic E-state index is -0.577. The van der Waals surface area contributed by atoms with Crippen LogP contribution in [0.15, 0.2) is 0 Å². The lowest BCUT2D eigenvalue weighted by Crippen LogP contribution is -2.62. The number of carbonyl (C=O) groups is 2. The summed E-state index contributed by atoms with van der Waals surface area (Å²) in [4.78, 5) is 22.7. The van der Waals surface area contributed by atoms with E-state index in [2.05, 4.69) is 5.32 Å². The van der Waals surface area contributed by atoms with E-state index in [0.717, 1.165) is 0 Å².